The van der Waals surface area contributed by atoms with E-state index in [1.165, 1.54) is 18.3 Å². The monoisotopic (exact) mass is 401 g/mol. The Hall–Kier alpha value is -2.77. The lowest BCUT2D eigenvalue weighted by Gasteiger charge is -2.04. The van der Waals surface area contributed by atoms with Crippen LogP contribution in [0.1, 0.15) is 49.6 Å². The number of carboxylic acid groups (broad SMARTS) is 1. The first-order valence-corrected chi connectivity index (χ1v) is 9.39. The summed E-state index contributed by atoms with van der Waals surface area (Å²) in [6, 6.07) is 10.4. The zero-order valence-corrected chi connectivity index (χ0v) is 15.7. The van der Waals surface area contributed by atoms with Crippen molar-refractivity contribution in [1.82, 2.24) is 0 Å². The maximum absolute atomic E-state index is 12.4. The van der Waals surface area contributed by atoms with Gasteiger partial charge in [-0.15, -0.1) is 22.7 Å². The van der Waals surface area contributed by atoms with E-state index < -0.39 is 5.97 Å². The SMILES string of the molecule is C.CC(=O)c1cc(-c2cc(NC(=O)c3ccc(C)cc3)c(C(=O)O)s2)cs1. The molecule has 0 aliphatic rings. The third-order valence-corrected chi connectivity index (χ3v) is 5.92. The molecular weight excluding hydrogens is 382 g/mol. The molecule has 0 spiro atoms. The number of aromatic carboxylic acids is 1. The second-order valence-electron chi connectivity index (χ2n) is 5.73. The molecule has 0 fully saturated rings. The molecule has 0 saturated carbocycles. The van der Waals surface area contributed by atoms with Crippen LogP contribution in [0.25, 0.3) is 10.4 Å². The highest BCUT2D eigenvalue weighted by Crippen LogP contribution is 2.37. The number of thiophene rings is 2. The molecule has 2 N–H and O–H groups in total. The topological polar surface area (TPSA) is 83.5 Å². The van der Waals surface area contributed by atoms with Crippen molar-refractivity contribution in [2.45, 2.75) is 21.3 Å². The van der Waals surface area contributed by atoms with Crippen LogP contribution in [0.4, 0.5) is 5.69 Å². The summed E-state index contributed by atoms with van der Waals surface area (Å²) in [4.78, 5) is 36.8. The summed E-state index contributed by atoms with van der Waals surface area (Å²) in [6.07, 6.45) is 0. The number of amides is 1. The molecular formula is C20H19NO4S2. The van der Waals surface area contributed by atoms with E-state index in [1.807, 2.05) is 19.1 Å². The maximum Gasteiger partial charge on any atom is 0.348 e. The van der Waals surface area contributed by atoms with Crippen LogP contribution in [0.15, 0.2) is 41.8 Å². The number of Topliss-reactive ketones (excluding diaryl/α,β-unsaturated/α-hetero) is 1. The summed E-state index contributed by atoms with van der Waals surface area (Å²) in [6.45, 7) is 3.41. The summed E-state index contributed by atoms with van der Waals surface area (Å²) < 4.78 is 0. The lowest BCUT2D eigenvalue weighted by atomic mass is 10.1. The van der Waals surface area contributed by atoms with E-state index in [4.69, 9.17) is 0 Å². The van der Waals surface area contributed by atoms with Crippen molar-refractivity contribution in [3.05, 3.63) is 62.7 Å². The van der Waals surface area contributed by atoms with Crippen LogP contribution in [-0.2, 0) is 0 Å². The molecule has 1 aromatic carbocycles. The Bertz CT molecular complexity index is 999. The normalized spacial score (nSPS) is 10.1. The Morgan fingerprint density at radius 1 is 1.07 bits per heavy atom. The maximum atomic E-state index is 12.4. The van der Waals surface area contributed by atoms with E-state index in [0.29, 0.717) is 15.3 Å². The van der Waals surface area contributed by atoms with E-state index in [9.17, 15) is 19.5 Å². The van der Waals surface area contributed by atoms with Crippen molar-refractivity contribution < 1.29 is 19.5 Å². The predicted molar refractivity (Wildman–Crippen MR) is 110 cm³/mol. The van der Waals surface area contributed by atoms with Crippen LogP contribution in [-0.4, -0.2) is 22.8 Å². The fourth-order valence-electron chi connectivity index (χ4n) is 2.33. The highest BCUT2D eigenvalue weighted by atomic mass is 32.1. The minimum absolute atomic E-state index is 0. The molecule has 7 heteroatoms. The highest BCUT2D eigenvalue weighted by molar-refractivity contribution is 7.18. The van der Waals surface area contributed by atoms with Crippen LogP contribution < -0.4 is 5.32 Å². The van der Waals surface area contributed by atoms with Crippen molar-refractivity contribution in [3.8, 4) is 10.4 Å². The Labute approximate surface area is 165 Å². The number of carbonyl (C=O) groups is 3. The Morgan fingerprint density at radius 2 is 1.74 bits per heavy atom. The molecule has 140 valence electrons. The molecule has 1 amide bonds. The van der Waals surface area contributed by atoms with Crippen molar-refractivity contribution >= 4 is 46.0 Å². The smallest absolute Gasteiger partial charge is 0.348 e. The van der Waals surface area contributed by atoms with Crippen LogP contribution in [0, 0.1) is 6.92 Å². The quantitative estimate of drug-likeness (QED) is 0.547. The molecule has 3 rings (SSSR count). The number of carboxylic acids is 1. The number of hydrogen-bond acceptors (Lipinski definition) is 5. The van der Waals surface area contributed by atoms with Gasteiger partial charge in [0.25, 0.3) is 5.91 Å². The number of ketones is 1. The van der Waals surface area contributed by atoms with Gasteiger partial charge in [-0.2, -0.15) is 0 Å². The third-order valence-electron chi connectivity index (χ3n) is 3.72. The fourth-order valence-corrected chi connectivity index (χ4v) is 4.16. The van der Waals surface area contributed by atoms with Crippen LogP contribution in [0.5, 0.6) is 0 Å². The average molecular weight is 402 g/mol. The number of nitrogens with one attached hydrogen (secondary N) is 1. The molecule has 0 saturated heterocycles. The van der Waals surface area contributed by atoms with E-state index in [1.54, 1.807) is 29.6 Å². The van der Waals surface area contributed by atoms with Gasteiger partial charge in [0.05, 0.1) is 10.6 Å². The molecule has 3 aromatic rings. The van der Waals surface area contributed by atoms with Gasteiger partial charge in [0.15, 0.2) is 5.78 Å². The molecule has 0 aliphatic heterocycles. The molecule has 2 heterocycles. The molecule has 2 aromatic heterocycles. The summed E-state index contributed by atoms with van der Waals surface area (Å²) in [5, 5.41) is 13.9. The van der Waals surface area contributed by atoms with E-state index in [2.05, 4.69) is 5.32 Å². The number of aryl methyl sites for hydroxylation is 1. The standard InChI is InChI=1S/C19H15NO4S2.CH4/c1-10-3-5-12(6-4-10)18(22)20-14-8-16(26-17(14)19(23)24)13-7-15(11(2)21)25-9-13;/h3-9H,1-2H3,(H,20,22)(H,23,24);1H4. The number of benzene rings is 1. The van der Waals surface area contributed by atoms with E-state index in [0.717, 1.165) is 22.5 Å². The number of rotatable bonds is 5. The molecule has 5 nitrogen and oxygen atoms in total. The molecule has 0 unspecified atom stereocenters. The van der Waals surface area contributed by atoms with Gasteiger partial charge in [-0.25, -0.2) is 4.79 Å². The van der Waals surface area contributed by atoms with Crippen molar-refractivity contribution in [3.63, 3.8) is 0 Å². The molecule has 27 heavy (non-hydrogen) atoms. The summed E-state index contributed by atoms with van der Waals surface area (Å²) in [7, 11) is 0. The van der Waals surface area contributed by atoms with Gasteiger partial charge in [0.1, 0.15) is 4.88 Å². The van der Waals surface area contributed by atoms with Gasteiger partial charge in [-0.05, 0) is 38.1 Å². The predicted octanol–water partition coefficient (Wildman–Crippen LogP) is 5.57. The largest absolute Gasteiger partial charge is 0.477 e. The van der Waals surface area contributed by atoms with Crippen LogP contribution >= 0.6 is 22.7 Å². The molecule has 0 atom stereocenters. The van der Waals surface area contributed by atoms with E-state index in [-0.39, 0.29) is 29.7 Å². The van der Waals surface area contributed by atoms with E-state index >= 15 is 0 Å². The Morgan fingerprint density at radius 3 is 2.30 bits per heavy atom. The highest BCUT2D eigenvalue weighted by Gasteiger charge is 2.19. The lowest BCUT2D eigenvalue weighted by molar-refractivity contribution is 0.0703. The summed E-state index contributed by atoms with van der Waals surface area (Å²) >= 11 is 2.38. The van der Waals surface area contributed by atoms with Gasteiger partial charge in [0, 0.05) is 21.4 Å². The number of hydrogen-bond donors (Lipinski definition) is 2. The second kappa shape index (κ2) is 8.28. The minimum Gasteiger partial charge on any atom is -0.477 e. The first-order chi connectivity index (χ1) is 12.3. The average Bonchev–Trinajstić information content (AvgIpc) is 3.22. The van der Waals surface area contributed by atoms with Crippen molar-refractivity contribution in [2.24, 2.45) is 0 Å². The van der Waals surface area contributed by atoms with Crippen molar-refractivity contribution in [2.75, 3.05) is 5.32 Å². The van der Waals surface area contributed by atoms with Gasteiger partial charge in [-0.1, -0.05) is 25.1 Å². The zero-order chi connectivity index (χ0) is 18.8. The molecule has 0 bridgehead atoms. The lowest BCUT2D eigenvalue weighted by Crippen LogP contribution is -2.13. The van der Waals surface area contributed by atoms with Crippen LogP contribution in [0.2, 0.25) is 0 Å². The minimum atomic E-state index is -1.11. The zero-order valence-electron chi connectivity index (χ0n) is 14.0. The summed E-state index contributed by atoms with van der Waals surface area (Å²) in [5.74, 6) is -1.52. The first-order valence-electron chi connectivity index (χ1n) is 7.70. The van der Waals surface area contributed by atoms with Gasteiger partial charge in [-0.3, -0.25) is 9.59 Å². The number of anilines is 1. The van der Waals surface area contributed by atoms with Gasteiger partial charge < -0.3 is 10.4 Å². The third kappa shape index (κ3) is 4.50. The van der Waals surface area contributed by atoms with Crippen LogP contribution in [0.3, 0.4) is 0 Å². The van der Waals surface area contributed by atoms with Gasteiger partial charge in [0.2, 0.25) is 0 Å². The van der Waals surface area contributed by atoms with Crippen molar-refractivity contribution in [1.29, 1.82) is 0 Å². The van der Waals surface area contributed by atoms with Gasteiger partial charge >= 0.3 is 5.97 Å². The fraction of sp³-hybridized carbons (Fsp3) is 0.150. The summed E-state index contributed by atoms with van der Waals surface area (Å²) in [5.41, 5.74) is 2.50. The Kier molecular flexibility index (Phi) is 6.30. The first kappa shape index (κ1) is 20.5. The molecule has 0 aliphatic carbocycles. The molecule has 0 radical (unpaired) electrons. The number of carbonyl (C=O) groups excluding carboxylic acids is 2. The second-order valence-corrected chi connectivity index (χ2v) is 7.70. The Balaban J connectivity index is 0.00000261.